The molecule has 0 spiro atoms. The third kappa shape index (κ3) is 6.13. The Balaban J connectivity index is 1.81. The summed E-state index contributed by atoms with van der Waals surface area (Å²) in [5.74, 6) is 0.658. The van der Waals surface area contributed by atoms with E-state index >= 15 is 0 Å². The zero-order chi connectivity index (χ0) is 22.6. The largest absolute Gasteiger partial charge is 0.457 e. The van der Waals surface area contributed by atoms with E-state index in [4.69, 9.17) is 27.9 Å². The van der Waals surface area contributed by atoms with Crippen molar-refractivity contribution in [2.45, 2.75) is 13.0 Å². The van der Waals surface area contributed by atoms with E-state index in [1.807, 2.05) is 30.3 Å². The molecule has 31 heavy (non-hydrogen) atoms. The number of amides is 1. The maximum absolute atomic E-state index is 12.8. The highest BCUT2D eigenvalue weighted by atomic mass is 35.5. The summed E-state index contributed by atoms with van der Waals surface area (Å²) >= 11 is 11.9. The minimum absolute atomic E-state index is 0.328. The van der Waals surface area contributed by atoms with Crippen molar-refractivity contribution in [1.82, 2.24) is 0 Å². The van der Waals surface area contributed by atoms with E-state index in [9.17, 15) is 13.2 Å². The molecular weight excluding hydrogens is 459 g/mol. The number of anilines is 2. The zero-order valence-electron chi connectivity index (χ0n) is 16.7. The second kappa shape index (κ2) is 9.60. The van der Waals surface area contributed by atoms with Crippen LogP contribution in [0.1, 0.15) is 6.92 Å². The van der Waals surface area contributed by atoms with Crippen molar-refractivity contribution in [2.24, 2.45) is 0 Å². The number of benzene rings is 3. The van der Waals surface area contributed by atoms with Crippen molar-refractivity contribution in [3.8, 4) is 11.5 Å². The molecule has 0 radical (unpaired) electrons. The average molecular weight is 479 g/mol. The fraction of sp³-hybridized carbons (Fsp3) is 0.136. The fourth-order valence-corrected chi connectivity index (χ4v) is 4.67. The second-order valence-electron chi connectivity index (χ2n) is 6.79. The molecule has 6 nitrogen and oxygen atoms in total. The molecule has 0 heterocycles. The van der Waals surface area contributed by atoms with Crippen LogP contribution in [0.15, 0.2) is 72.8 Å². The zero-order valence-corrected chi connectivity index (χ0v) is 19.1. The molecule has 0 saturated heterocycles. The number of rotatable bonds is 7. The van der Waals surface area contributed by atoms with Crippen molar-refractivity contribution in [3.05, 3.63) is 82.8 Å². The first-order chi connectivity index (χ1) is 14.6. The van der Waals surface area contributed by atoms with Crippen molar-refractivity contribution < 1.29 is 17.9 Å². The Morgan fingerprint density at radius 1 is 0.935 bits per heavy atom. The highest BCUT2D eigenvalue weighted by Gasteiger charge is 2.29. The van der Waals surface area contributed by atoms with Crippen LogP contribution in [-0.4, -0.2) is 26.6 Å². The lowest BCUT2D eigenvalue weighted by Gasteiger charge is -2.28. The molecule has 0 aliphatic rings. The maximum atomic E-state index is 12.8. The van der Waals surface area contributed by atoms with Crippen molar-refractivity contribution in [3.63, 3.8) is 0 Å². The highest BCUT2D eigenvalue weighted by molar-refractivity contribution is 7.92. The van der Waals surface area contributed by atoms with Gasteiger partial charge in [-0.1, -0.05) is 41.4 Å². The molecule has 1 N–H and O–H groups in total. The summed E-state index contributed by atoms with van der Waals surface area (Å²) in [7, 11) is -3.76. The van der Waals surface area contributed by atoms with Crippen molar-refractivity contribution >= 4 is 50.5 Å². The fourth-order valence-electron chi connectivity index (χ4n) is 2.97. The molecule has 0 aromatic heterocycles. The molecule has 162 valence electrons. The van der Waals surface area contributed by atoms with Gasteiger partial charge in [0.1, 0.15) is 17.5 Å². The summed E-state index contributed by atoms with van der Waals surface area (Å²) in [6, 6.07) is 19.2. The van der Waals surface area contributed by atoms with E-state index in [0.29, 0.717) is 32.9 Å². The molecule has 9 heteroatoms. The Hall–Kier alpha value is -2.74. The van der Waals surface area contributed by atoms with Gasteiger partial charge in [0.15, 0.2) is 0 Å². The predicted octanol–water partition coefficient (Wildman–Crippen LogP) is 5.58. The van der Waals surface area contributed by atoms with Crippen LogP contribution in [0.2, 0.25) is 10.0 Å². The molecule has 3 aromatic rings. The van der Waals surface area contributed by atoms with Gasteiger partial charge in [0, 0.05) is 15.7 Å². The van der Waals surface area contributed by atoms with Gasteiger partial charge in [0.05, 0.1) is 11.9 Å². The normalized spacial score (nSPS) is 12.1. The number of para-hydroxylation sites is 1. The maximum Gasteiger partial charge on any atom is 0.247 e. The number of carbonyl (C=O) groups is 1. The van der Waals surface area contributed by atoms with E-state index in [1.165, 1.54) is 25.1 Å². The number of halogens is 2. The van der Waals surface area contributed by atoms with Gasteiger partial charge < -0.3 is 10.1 Å². The standard InChI is InChI=1S/C22H20Cl2N2O4S/c1-15(22(27)25-18-13-16(23)12-17(24)14-18)26(31(2,28)29)19-8-10-21(11-9-19)30-20-6-4-3-5-7-20/h3-15H,1-2H3,(H,25,27)/t15-/m0/s1. The van der Waals surface area contributed by atoms with E-state index < -0.39 is 22.0 Å². The molecule has 0 aliphatic heterocycles. The lowest BCUT2D eigenvalue weighted by molar-refractivity contribution is -0.116. The van der Waals surface area contributed by atoms with E-state index in [-0.39, 0.29) is 0 Å². The Morgan fingerprint density at radius 2 is 1.48 bits per heavy atom. The van der Waals surface area contributed by atoms with Crippen molar-refractivity contribution in [1.29, 1.82) is 0 Å². The van der Waals surface area contributed by atoms with Crippen LogP contribution in [0.3, 0.4) is 0 Å². The first-order valence-electron chi connectivity index (χ1n) is 9.23. The number of hydrogen-bond acceptors (Lipinski definition) is 4. The summed E-state index contributed by atoms with van der Waals surface area (Å²) in [4.78, 5) is 12.8. The van der Waals surface area contributed by atoms with Gasteiger partial charge in [-0.25, -0.2) is 8.42 Å². The quantitative estimate of drug-likeness (QED) is 0.480. The molecule has 1 atom stereocenters. The number of hydrogen-bond donors (Lipinski definition) is 1. The Kier molecular flexibility index (Phi) is 7.10. The molecule has 1 amide bonds. The summed E-state index contributed by atoms with van der Waals surface area (Å²) in [5.41, 5.74) is 0.698. The summed E-state index contributed by atoms with van der Waals surface area (Å²) in [5, 5.41) is 3.35. The monoisotopic (exact) mass is 478 g/mol. The second-order valence-corrected chi connectivity index (χ2v) is 9.52. The Labute approximate surface area is 191 Å². The molecule has 0 fully saturated rings. The van der Waals surface area contributed by atoms with Gasteiger partial charge in [-0.2, -0.15) is 0 Å². The van der Waals surface area contributed by atoms with E-state index in [0.717, 1.165) is 10.6 Å². The number of nitrogens with zero attached hydrogens (tertiary/aromatic N) is 1. The highest BCUT2D eigenvalue weighted by Crippen LogP contribution is 2.28. The van der Waals surface area contributed by atoms with Crippen LogP contribution in [-0.2, 0) is 14.8 Å². The van der Waals surface area contributed by atoms with E-state index in [2.05, 4.69) is 5.32 Å². The van der Waals surface area contributed by atoms with Crippen LogP contribution in [0.5, 0.6) is 11.5 Å². The van der Waals surface area contributed by atoms with Gasteiger partial charge in [-0.05, 0) is 61.5 Å². The summed E-state index contributed by atoms with van der Waals surface area (Å²) in [6.45, 7) is 1.50. The third-order valence-electron chi connectivity index (χ3n) is 4.29. The lowest BCUT2D eigenvalue weighted by atomic mass is 10.2. The van der Waals surface area contributed by atoms with Gasteiger partial charge in [-0.3, -0.25) is 9.10 Å². The SMILES string of the molecule is C[C@@H](C(=O)Nc1cc(Cl)cc(Cl)c1)N(c1ccc(Oc2ccccc2)cc1)S(C)(=O)=O. The predicted molar refractivity (Wildman–Crippen MR) is 125 cm³/mol. The first-order valence-corrected chi connectivity index (χ1v) is 11.8. The van der Waals surface area contributed by atoms with Gasteiger partial charge >= 0.3 is 0 Å². The smallest absolute Gasteiger partial charge is 0.247 e. The Morgan fingerprint density at radius 3 is 2.03 bits per heavy atom. The molecule has 0 bridgehead atoms. The number of ether oxygens (including phenoxy) is 1. The number of nitrogens with one attached hydrogen (secondary N) is 1. The molecular formula is C22H20Cl2N2O4S. The van der Waals surface area contributed by atoms with Gasteiger partial charge in [-0.15, -0.1) is 0 Å². The van der Waals surface area contributed by atoms with E-state index in [1.54, 1.807) is 24.3 Å². The summed E-state index contributed by atoms with van der Waals surface area (Å²) < 4.78 is 31.8. The van der Waals surface area contributed by atoms with Gasteiger partial charge in [0.25, 0.3) is 0 Å². The third-order valence-corrected chi connectivity index (χ3v) is 5.97. The summed E-state index contributed by atoms with van der Waals surface area (Å²) in [6.07, 6.45) is 1.04. The topological polar surface area (TPSA) is 75.7 Å². The number of sulfonamides is 1. The molecule has 0 unspecified atom stereocenters. The van der Waals surface area contributed by atoms with Crippen LogP contribution in [0, 0.1) is 0 Å². The van der Waals surface area contributed by atoms with Crippen LogP contribution >= 0.6 is 23.2 Å². The van der Waals surface area contributed by atoms with Gasteiger partial charge in [0.2, 0.25) is 15.9 Å². The van der Waals surface area contributed by atoms with Crippen LogP contribution in [0.4, 0.5) is 11.4 Å². The molecule has 3 rings (SSSR count). The van der Waals surface area contributed by atoms with Crippen LogP contribution < -0.4 is 14.4 Å². The molecule has 0 aliphatic carbocycles. The first kappa shape index (κ1) is 22.9. The number of carbonyl (C=O) groups excluding carboxylic acids is 1. The van der Waals surface area contributed by atoms with Crippen LogP contribution in [0.25, 0.3) is 0 Å². The minimum atomic E-state index is -3.76. The average Bonchev–Trinajstić information content (AvgIpc) is 2.68. The molecule has 0 saturated carbocycles. The lowest BCUT2D eigenvalue weighted by Crippen LogP contribution is -2.45. The van der Waals surface area contributed by atoms with Crippen molar-refractivity contribution in [2.75, 3.05) is 15.9 Å². The Bertz CT molecular complexity index is 1150. The minimum Gasteiger partial charge on any atom is -0.457 e. The molecule has 3 aromatic carbocycles.